The number of hydrogen-bond acceptors (Lipinski definition) is 10. The Morgan fingerprint density at radius 2 is 2.06 bits per heavy atom. The smallest absolute Gasteiger partial charge is 0.191 e. The van der Waals surface area contributed by atoms with Gasteiger partial charge in [-0.25, -0.2) is 14.6 Å². The van der Waals surface area contributed by atoms with Crippen LogP contribution in [0, 0.1) is 0 Å². The summed E-state index contributed by atoms with van der Waals surface area (Å²) in [6.45, 7) is 2.06. The molecule has 2 aromatic heterocycles. The van der Waals surface area contributed by atoms with Gasteiger partial charge in [-0.1, -0.05) is 53.7 Å². The van der Waals surface area contributed by atoms with Crippen LogP contribution in [0.3, 0.4) is 0 Å². The van der Waals surface area contributed by atoms with Gasteiger partial charge in [0.15, 0.2) is 22.1 Å². The monoisotopic (exact) mass is 463 g/mol. The van der Waals surface area contributed by atoms with Crippen LogP contribution in [0.5, 0.6) is 0 Å². The van der Waals surface area contributed by atoms with Crippen LogP contribution in [-0.4, -0.2) is 70.6 Å². The second kappa shape index (κ2) is 9.45. The summed E-state index contributed by atoms with van der Waals surface area (Å²) < 4.78 is 1.43. The topological polar surface area (TPSA) is 142 Å². The highest BCUT2D eigenvalue weighted by atomic mass is 35.5. The number of halogens is 1. The van der Waals surface area contributed by atoms with Gasteiger partial charge in [0, 0.05) is 22.8 Å². The van der Waals surface area contributed by atoms with Crippen molar-refractivity contribution in [2.45, 2.75) is 49.3 Å². The predicted octanol–water partition coefficient (Wildman–Crippen LogP) is 1.85. The first-order valence-electron chi connectivity index (χ1n) is 9.83. The van der Waals surface area contributed by atoms with Gasteiger partial charge in [-0.2, -0.15) is 5.10 Å². The average molecular weight is 464 g/mol. The van der Waals surface area contributed by atoms with Crippen molar-refractivity contribution < 1.29 is 15.3 Å². The molecule has 1 aliphatic rings. The zero-order valence-corrected chi connectivity index (χ0v) is 18.2. The Morgan fingerprint density at radius 3 is 2.77 bits per heavy atom. The number of nitrogens with zero attached hydrogens (tertiary/aromatic N) is 6. The number of fused-ring (bicyclic) bond motifs is 1. The Labute approximate surface area is 187 Å². The molecular weight excluding hydrogens is 442 g/mol. The van der Waals surface area contributed by atoms with E-state index >= 15 is 0 Å². The maximum Gasteiger partial charge on any atom is 0.191 e. The molecule has 12 heteroatoms. The molecule has 3 aromatic rings. The van der Waals surface area contributed by atoms with Gasteiger partial charge >= 0.3 is 0 Å². The molecular formula is C19H22ClN7O3S. The fraction of sp³-hybridized carbons (Fsp3) is 0.421. The first-order chi connectivity index (χ1) is 15.0. The lowest BCUT2D eigenvalue weighted by molar-refractivity contribution is -0.0253. The molecule has 31 heavy (non-hydrogen) atoms. The molecule has 1 saturated carbocycles. The number of aromatic nitrogens is 5. The molecule has 1 aromatic carbocycles. The minimum atomic E-state index is -1.25. The van der Waals surface area contributed by atoms with E-state index in [2.05, 4.69) is 37.7 Å². The van der Waals surface area contributed by atoms with E-state index in [1.807, 2.05) is 18.2 Å². The number of hydrogen-bond donors (Lipinski definition) is 4. The molecule has 0 spiro atoms. The molecule has 4 N–H and O–H groups in total. The second-order valence-electron chi connectivity index (χ2n) is 7.15. The van der Waals surface area contributed by atoms with E-state index in [1.54, 1.807) is 12.3 Å². The molecule has 164 valence electrons. The van der Waals surface area contributed by atoms with E-state index in [9.17, 15) is 15.3 Å². The third-order valence-corrected chi connectivity index (χ3v) is 6.35. The number of aliphatic hydroxyl groups is 3. The fourth-order valence-corrected chi connectivity index (χ4v) is 4.22. The predicted molar refractivity (Wildman–Crippen MR) is 118 cm³/mol. The highest BCUT2D eigenvalue weighted by Crippen LogP contribution is 2.33. The standard InChI is InChI=1S/C19H22ClN7O3S/c1-2-7-31-19-22-17(25-21-9-10-5-3-4-6-11(10)20)14-18(23-19)27(26-24-14)12-8-13(28)16(30)15(12)29/h3-6,9,12-13,15-16,28-30H,2,7-8H2,1H3,(H,22,23,25)/b21-9+/t12-,13+,15+,16-/m1/s1. The van der Waals surface area contributed by atoms with Crippen molar-refractivity contribution in [1.82, 2.24) is 25.0 Å². The third-order valence-electron chi connectivity index (χ3n) is 4.95. The number of hydrazone groups is 1. The summed E-state index contributed by atoms with van der Waals surface area (Å²) in [6, 6.07) is 6.64. The summed E-state index contributed by atoms with van der Waals surface area (Å²) in [7, 11) is 0. The molecule has 0 amide bonds. The molecule has 0 bridgehead atoms. The number of aliphatic hydroxyl groups excluding tert-OH is 3. The second-order valence-corrected chi connectivity index (χ2v) is 8.62. The zero-order chi connectivity index (χ0) is 22.0. The van der Waals surface area contributed by atoms with Gasteiger partial charge in [-0.15, -0.1) is 5.10 Å². The Kier molecular flexibility index (Phi) is 6.68. The average Bonchev–Trinajstić information content (AvgIpc) is 3.30. The van der Waals surface area contributed by atoms with Gasteiger partial charge in [0.1, 0.15) is 12.2 Å². The van der Waals surface area contributed by atoms with Crippen LogP contribution in [0.4, 0.5) is 5.82 Å². The van der Waals surface area contributed by atoms with E-state index in [4.69, 9.17) is 11.6 Å². The van der Waals surface area contributed by atoms with Crippen LogP contribution in [-0.2, 0) is 0 Å². The van der Waals surface area contributed by atoms with E-state index in [0.29, 0.717) is 27.2 Å². The van der Waals surface area contributed by atoms with Crippen molar-refractivity contribution >= 4 is 46.6 Å². The highest BCUT2D eigenvalue weighted by molar-refractivity contribution is 7.99. The largest absolute Gasteiger partial charge is 0.390 e. The third kappa shape index (κ3) is 4.51. The summed E-state index contributed by atoms with van der Waals surface area (Å²) in [5.41, 5.74) is 4.37. The lowest BCUT2D eigenvalue weighted by Gasteiger charge is -2.16. The van der Waals surface area contributed by atoms with E-state index in [0.717, 1.165) is 17.7 Å². The minimum Gasteiger partial charge on any atom is -0.390 e. The quantitative estimate of drug-likeness (QED) is 0.179. The molecule has 4 rings (SSSR count). The van der Waals surface area contributed by atoms with Crippen LogP contribution in [0.1, 0.15) is 31.4 Å². The van der Waals surface area contributed by atoms with Crippen molar-refractivity contribution in [1.29, 1.82) is 0 Å². The van der Waals surface area contributed by atoms with Crippen molar-refractivity contribution in [3.05, 3.63) is 34.9 Å². The van der Waals surface area contributed by atoms with Gasteiger partial charge in [0.2, 0.25) is 0 Å². The molecule has 0 aliphatic heterocycles. The van der Waals surface area contributed by atoms with Gasteiger partial charge in [-0.3, -0.25) is 5.43 Å². The van der Waals surface area contributed by atoms with Crippen LogP contribution in [0.25, 0.3) is 11.2 Å². The zero-order valence-electron chi connectivity index (χ0n) is 16.6. The van der Waals surface area contributed by atoms with Gasteiger partial charge in [-0.05, 0) is 12.5 Å². The summed E-state index contributed by atoms with van der Waals surface area (Å²) in [5, 5.41) is 43.8. The maximum atomic E-state index is 10.3. The van der Waals surface area contributed by atoms with Crippen LogP contribution < -0.4 is 5.43 Å². The van der Waals surface area contributed by atoms with E-state index in [-0.39, 0.29) is 6.42 Å². The molecule has 2 heterocycles. The van der Waals surface area contributed by atoms with Crippen LogP contribution >= 0.6 is 23.4 Å². The van der Waals surface area contributed by atoms with E-state index in [1.165, 1.54) is 16.4 Å². The number of benzene rings is 1. The molecule has 1 aliphatic carbocycles. The SMILES string of the molecule is CCCSc1nc(N/N=C/c2ccccc2Cl)c2nnn([C@@H]3C[C@H](O)[C@@H](O)[C@H]3O)c2n1. The summed E-state index contributed by atoms with van der Waals surface area (Å²) in [5.74, 6) is 1.17. The first kappa shape index (κ1) is 21.9. The van der Waals surface area contributed by atoms with Crippen LogP contribution in [0.15, 0.2) is 34.5 Å². The Balaban J connectivity index is 1.69. The molecule has 0 saturated heterocycles. The number of anilines is 1. The maximum absolute atomic E-state index is 10.3. The molecule has 10 nitrogen and oxygen atoms in total. The van der Waals surface area contributed by atoms with Crippen molar-refractivity contribution in [3.8, 4) is 0 Å². The lowest BCUT2D eigenvalue weighted by Crippen LogP contribution is -2.31. The molecule has 1 fully saturated rings. The van der Waals surface area contributed by atoms with Gasteiger partial charge < -0.3 is 15.3 Å². The van der Waals surface area contributed by atoms with Crippen molar-refractivity contribution in [2.24, 2.45) is 5.10 Å². The Morgan fingerprint density at radius 1 is 1.26 bits per heavy atom. The van der Waals surface area contributed by atoms with E-state index < -0.39 is 24.4 Å². The summed E-state index contributed by atoms with van der Waals surface area (Å²) >= 11 is 7.63. The molecule has 0 radical (unpaired) electrons. The molecule has 4 atom stereocenters. The summed E-state index contributed by atoms with van der Waals surface area (Å²) in [4.78, 5) is 9.04. The number of thioether (sulfide) groups is 1. The first-order valence-corrected chi connectivity index (χ1v) is 11.2. The van der Waals surface area contributed by atoms with Crippen molar-refractivity contribution in [3.63, 3.8) is 0 Å². The fourth-order valence-electron chi connectivity index (χ4n) is 3.34. The summed E-state index contributed by atoms with van der Waals surface area (Å²) in [6.07, 6.45) is -0.832. The normalized spacial score (nSPS) is 23.8. The minimum absolute atomic E-state index is 0.135. The number of nitrogens with one attached hydrogen (secondary N) is 1. The van der Waals surface area contributed by atoms with Crippen LogP contribution in [0.2, 0.25) is 5.02 Å². The Bertz CT molecular complexity index is 1100. The van der Waals surface area contributed by atoms with Gasteiger partial charge in [0.05, 0.1) is 18.4 Å². The highest BCUT2D eigenvalue weighted by Gasteiger charge is 2.43. The van der Waals surface area contributed by atoms with Crippen molar-refractivity contribution in [2.75, 3.05) is 11.2 Å². The Hall–Kier alpha value is -2.31. The lowest BCUT2D eigenvalue weighted by atomic mass is 10.2. The molecule has 0 unspecified atom stereocenters. The number of rotatable bonds is 7. The van der Waals surface area contributed by atoms with Gasteiger partial charge in [0.25, 0.3) is 0 Å².